The molecule has 5 nitrogen and oxygen atoms in total. The van der Waals surface area contributed by atoms with Crippen molar-refractivity contribution in [2.24, 2.45) is 0 Å². The number of aryl methyl sites for hydroxylation is 2. The number of aliphatic hydroxyl groups is 2. The van der Waals surface area contributed by atoms with Gasteiger partial charge in [-0.2, -0.15) is 0 Å². The molecule has 0 aliphatic heterocycles. The standard InChI is InChI=1S/C14H18N2O3/c1-8-9(2)16-13-4-3-10(5-12(8)13)14(19)15-6-11(18)7-17/h3-5,11,16-18H,6-7H2,1-2H3,(H,15,19). The summed E-state index contributed by atoms with van der Waals surface area (Å²) in [5.41, 5.74) is 3.75. The van der Waals surface area contributed by atoms with Crippen molar-refractivity contribution in [3.63, 3.8) is 0 Å². The molecule has 19 heavy (non-hydrogen) atoms. The second-order valence-electron chi connectivity index (χ2n) is 4.68. The zero-order valence-electron chi connectivity index (χ0n) is 11.0. The number of aliphatic hydroxyl groups excluding tert-OH is 2. The topological polar surface area (TPSA) is 85.4 Å². The molecule has 5 heteroatoms. The van der Waals surface area contributed by atoms with E-state index < -0.39 is 6.10 Å². The Morgan fingerprint density at radius 3 is 2.84 bits per heavy atom. The number of nitrogens with one attached hydrogen (secondary N) is 2. The van der Waals surface area contributed by atoms with Crippen LogP contribution < -0.4 is 5.32 Å². The van der Waals surface area contributed by atoms with Crippen molar-refractivity contribution in [3.05, 3.63) is 35.0 Å². The highest BCUT2D eigenvalue weighted by Crippen LogP contribution is 2.22. The van der Waals surface area contributed by atoms with Crippen molar-refractivity contribution in [2.45, 2.75) is 20.0 Å². The van der Waals surface area contributed by atoms with Crippen molar-refractivity contribution in [1.29, 1.82) is 0 Å². The Hall–Kier alpha value is -1.85. The smallest absolute Gasteiger partial charge is 0.251 e. The van der Waals surface area contributed by atoms with E-state index >= 15 is 0 Å². The highest BCUT2D eigenvalue weighted by Gasteiger charge is 2.11. The summed E-state index contributed by atoms with van der Waals surface area (Å²) >= 11 is 0. The predicted molar refractivity (Wildman–Crippen MR) is 73.2 cm³/mol. The zero-order chi connectivity index (χ0) is 14.0. The second kappa shape index (κ2) is 5.42. The van der Waals surface area contributed by atoms with E-state index in [0.717, 1.165) is 22.2 Å². The van der Waals surface area contributed by atoms with Crippen LogP contribution in [-0.2, 0) is 0 Å². The molecule has 1 amide bonds. The maximum absolute atomic E-state index is 11.9. The number of hydrogen-bond acceptors (Lipinski definition) is 3. The van der Waals surface area contributed by atoms with Gasteiger partial charge in [-0.1, -0.05) is 0 Å². The summed E-state index contributed by atoms with van der Waals surface area (Å²) < 4.78 is 0. The van der Waals surface area contributed by atoms with Crippen LogP contribution in [0.3, 0.4) is 0 Å². The van der Waals surface area contributed by atoms with Crippen LogP contribution in [0, 0.1) is 13.8 Å². The van der Waals surface area contributed by atoms with Crippen LogP contribution in [0.4, 0.5) is 0 Å². The maximum atomic E-state index is 11.9. The predicted octanol–water partition coefficient (Wildman–Crippen LogP) is 0.868. The minimum absolute atomic E-state index is 0.0402. The van der Waals surface area contributed by atoms with E-state index in [2.05, 4.69) is 10.3 Å². The Balaban J connectivity index is 2.20. The SMILES string of the molecule is Cc1[nH]c2ccc(C(=O)NCC(O)CO)cc2c1C. The first kappa shape index (κ1) is 13.6. The van der Waals surface area contributed by atoms with Crippen LogP contribution >= 0.6 is 0 Å². The molecule has 1 atom stereocenters. The first-order valence-electron chi connectivity index (χ1n) is 6.19. The Kier molecular flexibility index (Phi) is 3.87. The fraction of sp³-hybridized carbons (Fsp3) is 0.357. The molecule has 0 fully saturated rings. The second-order valence-corrected chi connectivity index (χ2v) is 4.68. The molecule has 102 valence electrons. The van der Waals surface area contributed by atoms with E-state index in [-0.39, 0.29) is 19.1 Å². The first-order chi connectivity index (χ1) is 9.02. The highest BCUT2D eigenvalue weighted by atomic mass is 16.3. The third-order valence-corrected chi connectivity index (χ3v) is 3.28. The van der Waals surface area contributed by atoms with Gasteiger partial charge in [0.25, 0.3) is 5.91 Å². The summed E-state index contributed by atoms with van der Waals surface area (Å²) in [6, 6.07) is 5.43. The van der Waals surface area contributed by atoms with Gasteiger partial charge in [-0.15, -0.1) is 0 Å². The van der Waals surface area contributed by atoms with Gasteiger partial charge in [0.05, 0.1) is 12.7 Å². The minimum Gasteiger partial charge on any atom is -0.394 e. The molecular formula is C14H18N2O3. The molecule has 1 unspecified atom stereocenters. The van der Waals surface area contributed by atoms with Crippen LogP contribution in [0.15, 0.2) is 18.2 Å². The lowest BCUT2D eigenvalue weighted by Gasteiger charge is -2.09. The Bertz CT molecular complexity index is 604. The van der Waals surface area contributed by atoms with Gasteiger partial charge in [-0.25, -0.2) is 0 Å². The summed E-state index contributed by atoms with van der Waals surface area (Å²) in [5.74, 6) is -0.257. The number of hydrogen-bond donors (Lipinski definition) is 4. The number of carbonyl (C=O) groups excluding carboxylic acids is 1. The van der Waals surface area contributed by atoms with Gasteiger partial charge in [0.1, 0.15) is 0 Å². The van der Waals surface area contributed by atoms with Crippen LogP contribution in [0.25, 0.3) is 10.9 Å². The zero-order valence-corrected chi connectivity index (χ0v) is 11.0. The normalized spacial score (nSPS) is 12.6. The number of fused-ring (bicyclic) bond motifs is 1. The van der Waals surface area contributed by atoms with Crippen molar-refractivity contribution < 1.29 is 15.0 Å². The van der Waals surface area contributed by atoms with E-state index in [1.807, 2.05) is 26.0 Å². The fourth-order valence-electron chi connectivity index (χ4n) is 1.98. The van der Waals surface area contributed by atoms with Crippen LogP contribution in [0.1, 0.15) is 21.6 Å². The number of benzene rings is 1. The Labute approximate surface area is 111 Å². The van der Waals surface area contributed by atoms with Gasteiger partial charge in [0, 0.05) is 28.7 Å². The molecule has 1 heterocycles. The third kappa shape index (κ3) is 2.77. The quantitative estimate of drug-likeness (QED) is 0.659. The molecule has 2 rings (SSSR count). The lowest BCUT2D eigenvalue weighted by molar-refractivity contribution is 0.0802. The number of aromatic amines is 1. The molecule has 0 aliphatic rings. The molecule has 1 aromatic carbocycles. The molecule has 0 radical (unpaired) electrons. The minimum atomic E-state index is -0.927. The van der Waals surface area contributed by atoms with Gasteiger partial charge >= 0.3 is 0 Å². The molecule has 1 aromatic heterocycles. The lowest BCUT2D eigenvalue weighted by atomic mass is 10.1. The lowest BCUT2D eigenvalue weighted by Crippen LogP contribution is -2.33. The summed E-state index contributed by atoms with van der Waals surface area (Å²) in [7, 11) is 0. The van der Waals surface area contributed by atoms with Gasteiger partial charge < -0.3 is 20.5 Å². The third-order valence-electron chi connectivity index (χ3n) is 3.28. The van der Waals surface area contributed by atoms with Crippen molar-refractivity contribution in [1.82, 2.24) is 10.3 Å². The summed E-state index contributed by atoms with van der Waals surface area (Å²) in [5, 5.41) is 21.5. The summed E-state index contributed by atoms with van der Waals surface area (Å²) in [4.78, 5) is 15.2. The average Bonchev–Trinajstić information content (AvgIpc) is 2.70. The van der Waals surface area contributed by atoms with Gasteiger partial charge in [-0.05, 0) is 37.6 Å². The molecule has 0 bridgehead atoms. The van der Waals surface area contributed by atoms with E-state index in [1.54, 1.807) is 6.07 Å². The van der Waals surface area contributed by atoms with Crippen LogP contribution in [0.2, 0.25) is 0 Å². The van der Waals surface area contributed by atoms with Crippen molar-refractivity contribution in [3.8, 4) is 0 Å². The number of amides is 1. The molecule has 4 N–H and O–H groups in total. The van der Waals surface area contributed by atoms with E-state index in [4.69, 9.17) is 5.11 Å². The largest absolute Gasteiger partial charge is 0.394 e. The number of aromatic nitrogens is 1. The van der Waals surface area contributed by atoms with Crippen LogP contribution in [0.5, 0.6) is 0 Å². The molecule has 0 spiro atoms. The van der Waals surface area contributed by atoms with Crippen molar-refractivity contribution in [2.75, 3.05) is 13.2 Å². The Morgan fingerprint density at radius 1 is 1.42 bits per heavy atom. The maximum Gasteiger partial charge on any atom is 0.251 e. The number of rotatable bonds is 4. The molecule has 0 aliphatic carbocycles. The van der Waals surface area contributed by atoms with Gasteiger partial charge in [0.15, 0.2) is 0 Å². The first-order valence-corrected chi connectivity index (χ1v) is 6.19. The highest BCUT2D eigenvalue weighted by molar-refractivity contribution is 5.99. The number of carbonyl (C=O) groups is 1. The Morgan fingerprint density at radius 2 is 2.16 bits per heavy atom. The average molecular weight is 262 g/mol. The van der Waals surface area contributed by atoms with Gasteiger partial charge in [0.2, 0.25) is 0 Å². The molecule has 0 saturated heterocycles. The van der Waals surface area contributed by atoms with Crippen LogP contribution in [-0.4, -0.2) is 40.4 Å². The molecule has 2 aromatic rings. The molecular weight excluding hydrogens is 244 g/mol. The van der Waals surface area contributed by atoms with E-state index in [0.29, 0.717) is 5.56 Å². The number of H-pyrrole nitrogens is 1. The van der Waals surface area contributed by atoms with E-state index in [9.17, 15) is 9.90 Å². The van der Waals surface area contributed by atoms with Crippen molar-refractivity contribution >= 4 is 16.8 Å². The fourth-order valence-corrected chi connectivity index (χ4v) is 1.98. The molecule has 0 saturated carbocycles. The van der Waals surface area contributed by atoms with E-state index in [1.165, 1.54) is 0 Å². The summed E-state index contributed by atoms with van der Waals surface area (Å²) in [6.45, 7) is 3.67. The van der Waals surface area contributed by atoms with Gasteiger partial charge in [-0.3, -0.25) is 4.79 Å². The monoisotopic (exact) mass is 262 g/mol. The summed E-state index contributed by atoms with van der Waals surface area (Å²) in [6.07, 6.45) is -0.927.